The van der Waals surface area contributed by atoms with E-state index < -0.39 is 0 Å². The number of hydrogen-bond donors (Lipinski definition) is 1. The molecular formula is C11H15NOS. The third kappa shape index (κ3) is 2.51. The molecule has 0 spiro atoms. The Labute approximate surface area is 90.3 Å². The molecule has 0 aromatic heterocycles. The van der Waals surface area contributed by atoms with Gasteiger partial charge in [0.25, 0.3) is 5.91 Å². The Bertz CT molecular complexity index is 325. The molecule has 1 aromatic rings. The van der Waals surface area contributed by atoms with Crippen LogP contribution in [0.2, 0.25) is 0 Å². The predicted molar refractivity (Wildman–Crippen MR) is 60.9 cm³/mol. The molecule has 0 unspecified atom stereocenters. The molecule has 0 aliphatic heterocycles. The first-order chi connectivity index (χ1) is 6.66. The van der Waals surface area contributed by atoms with Crippen LogP contribution >= 0.6 is 12.6 Å². The van der Waals surface area contributed by atoms with Gasteiger partial charge in [0.1, 0.15) is 0 Å². The predicted octanol–water partition coefficient (Wildman–Crippen LogP) is 2.46. The summed E-state index contributed by atoms with van der Waals surface area (Å²) in [5, 5.41) is 0. The fourth-order valence-electron chi connectivity index (χ4n) is 1.30. The number of hydrogen-bond acceptors (Lipinski definition) is 2. The highest BCUT2D eigenvalue weighted by atomic mass is 32.1. The largest absolute Gasteiger partial charge is 0.342 e. The van der Waals surface area contributed by atoms with E-state index in [-0.39, 0.29) is 5.91 Å². The zero-order chi connectivity index (χ0) is 10.6. The lowest BCUT2D eigenvalue weighted by Crippen LogP contribution is -2.27. The van der Waals surface area contributed by atoms with Gasteiger partial charge in [-0.25, -0.2) is 0 Å². The van der Waals surface area contributed by atoms with Gasteiger partial charge < -0.3 is 4.90 Å². The van der Waals surface area contributed by atoms with Gasteiger partial charge in [-0.05, 0) is 18.6 Å². The molecule has 14 heavy (non-hydrogen) atoms. The van der Waals surface area contributed by atoms with E-state index in [1.165, 1.54) is 0 Å². The maximum Gasteiger partial charge on any atom is 0.254 e. The maximum atomic E-state index is 11.8. The Morgan fingerprint density at radius 2 is 2.07 bits per heavy atom. The molecular weight excluding hydrogens is 194 g/mol. The van der Waals surface area contributed by atoms with Crippen LogP contribution in [0.15, 0.2) is 29.2 Å². The van der Waals surface area contributed by atoms with Gasteiger partial charge in [0.15, 0.2) is 0 Å². The molecule has 0 aliphatic carbocycles. The molecule has 76 valence electrons. The summed E-state index contributed by atoms with van der Waals surface area (Å²) in [6, 6.07) is 7.36. The van der Waals surface area contributed by atoms with Crippen LogP contribution in [-0.4, -0.2) is 24.4 Å². The van der Waals surface area contributed by atoms with Crippen LogP contribution in [0.5, 0.6) is 0 Å². The molecule has 1 rings (SSSR count). The van der Waals surface area contributed by atoms with Crippen LogP contribution in [0.25, 0.3) is 0 Å². The van der Waals surface area contributed by atoms with Crippen molar-refractivity contribution in [2.45, 2.75) is 18.2 Å². The Kier molecular flexibility index (Phi) is 4.01. The van der Waals surface area contributed by atoms with E-state index in [2.05, 4.69) is 19.6 Å². The molecule has 0 atom stereocenters. The Balaban J connectivity index is 2.84. The number of rotatable bonds is 3. The van der Waals surface area contributed by atoms with Crippen LogP contribution in [0.3, 0.4) is 0 Å². The van der Waals surface area contributed by atoms with E-state index in [9.17, 15) is 4.79 Å². The van der Waals surface area contributed by atoms with Crippen LogP contribution in [0.1, 0.15) is 23.7 Å². The van der Waals surface area contributed by atoms with Crippen molar-refractivity contribution in [3.8, 4) is 0 Å². The second kappa shape index (κ2) is 5.05. The van der Waals surface area contributed by atoms with Crippen molar-refractivity contribution in [1.82, 2.24) is 4.90 Å². The molecule has 0 bridgehead atoms. The average Bonchev–Trinajstić information content (AvgIpc) is 2.18. The molecule has 3 heteroatoms. The van der Waals surface area contributed by atoms with Gasteiger partial charge in [0.05, 0.1) is 5.56 Å². The van der Waals surface area contributed by atoms with Crippen LogP contribution < -0.4 is 0 Å². The zero-order valence-electron chi connectivity index (χ0n) is 8.53. The second-order valence-corrected chi connectivity index (χ2v) is 3.73. The highest BCUT2D eigenvalue weighted by Gasteiger charge is 2.12. The lowest BCUT2D eigenvalue weighted by atomic mass is 10.2. The van der Waals surface area contributed by atoms with Crippen molar-refractivity contribution in [2.24, 2.45) is 0 Å². The van der Waals surface area contributed by atoms with Gasteiger partial charge in [-0.3, -0.25) is 4.79 Å². The van der Waals surface area contributed by atoms with Crippen molar-refractivity contribution in [3.63, 3.8) is 0 Å². The minimum absolute atomic E-state index is 0.0393. The minimum Gasteiger partial charge on any atom is -0.342 e. The van der Waals surface area contributed by atoms with Crippen LogP contribution in [0.4, 0.5) is 0 Å². The van der Waals surface area contributed by atoms with Crippen molar-refractivity contribution in [2.75, 3.05) is 13.6 Å². The van der Waals surface area contributed by atoms with Crippen molar-refractivity contribution >= 4 is 18.5 Å². The van der Waals surface area contributed by atoms with Gasteiger partial charge in [-0.15, -0.1) is 12.6 Å². The van der Waals surface area contributed by atoms with Gasteiger partial charge in [0.2, 0.25) is 0 Å². The van der Waals surface area contributed by atoms with Gasteiger partial charge >= 0.3 is 0 Å². The standard InChI is InChI=1S/C11H15NOS/c1-3-8-12(2)11(13)9-6-4-5-7-10(9)14/h4-7,14H,3,8H2,1-2H3. The number of nitrogens with zero attached hydrogens (tertiary/aromatic N) is 1. The summed E-state index contributed by atoms with van der Waals surface area (Å²) < 4.78 is 0. The van der Waals surface area contributed by atoms with E-state index in [0.29, 0.717) is 5.56 Å². The lowest BCUT2D eigenvalue weighted by molar-refractivity contribution is 0.0792. The third-order valence-corrected chi connectivity index (χ3v) is 2.43. The number of amides is 1. The highest BCUT2D eigenvalue weighted by molar-refractivity contribution is 7.80. The monoisotopic (exact) mass is 209 g/mol. The molecule has 1 amide bonds. The fourth-order valence-corrected chi connectivity index (χ4v) is 1.55. The first-order valence-electron chi connectivity index (χ1n) is 4.70. The van der Waals surface area contributed by atoms with Crippen molar-refractivity contribution in [1.29, 1.82) is 0 Å². The molecule has 0 aliphatic rings. The number of benzene rings is 1. The van der Waals surface area contributed by atoms with Crippen LogP contribution in [-0.2, 0) is 0 Å². The molecule has 0 heterocycles. The topological polar surface area (TPSA) is 20.3 Å². The van der Waals surface area contributed by atoms with Crippen molar-refractivity contribution < 1.29 is 4.79 Å². The summed E-state index contributed by atoms with van der Waals surface area (Å²) in [7, 11) is 1.81. The summed E-state index contributed by atoms with van der Waals surface area (Å²) in [6.45, 7) is 2.83. The van der Waals surface area contributed by atoms with Gasteiger partial charge in [-0.1, -0.05) is 19.1 Å². The first kappa shape index (κ1) is 11.1. The quantitative estimate of drug-likeness (QED) is 0.758. The molecule has 0 saturated carbocycles. The number of carbonyl (C=O) groups excluding carboxylic acids is 1. The summed E-state index contributed by atoms with van der Waals surface area (Å²) in [5.74, 6) is 0.0393. The van der Waals surface area contributed by atoms with Gasteiger partial charge in [-0.2, -0.15) is 0 Å². The maximum absolute atomic E-state index is 11.8. The normalized spacial score (nSPS) is 9.93. The van der Waals surface area contributed by atoms with Crippen molar-refractivity contribution in [3.05, 3.63) is 29.8 Å². The number of carbonyl (C=O) groups is 1. The Hall–Kier alpha value is -0.960. The average molecular weight is 209 g/mol. The Morgan fingerprint density at radius 3 is 2.64 bits per heavy atom. The lowest BCUT2D eigenvalue weighted by Gasteiger charge is -2.16. The molecule has 0 saturated heterocycles. The molecule has 0 fully saturated rings. The summed E-state index contributed by atoms with van der Waals surface area (Å²) in [4.78, 5) is 14.3. The SMILES string of the molecule is CCCN(C)C(=O)c1ccccc1S. The first-order valence-corrected chi connectivity index (χ1v) is 5.15. The fraction of sp³-hybridized carbons (Fsp3) is 0.364. The van der Waals surface area contributed by atoms with Gasteiger partial charge in [0, 0.05) is 18.5 Å². The summed E-state index contributed by atoms with van der Waals surface area (Å²) >= 11 is 4.25. The number of thiol groups is 1. The van der Waals surface area contributed by atoms with E-state index in [1.807, 2.05) is 25.2 Å². The summed E-state index contributed by atoms with van der Waals surface area (Å²) in [5.41, 5.74) is 0.673. The Morgan fingerprint density at radius 1 is 1.43 bits per heavy atom. The van der Waals surface area contributed by atoms with E-state index >= 15 is 0 Å². The highest BCUT2D eigenvalue weighted by Crippen LogP contribution is 2.14. The molecule has 0 N–H and O–H groups in total. The van der Waals surface area contributed by atoms with Crippen LogP contribution in [0, 0.1) is 0 Å². The summed E-state index contributed by atoms with van der Waals surface area (Å²) in [6.07, 6.45) is 0.969. The van der Waals surface area contributed by atoms with E-state index in [1.54, 1.807) is 11.0 Å². The van der Waals surface area contributed by atoms with E-state index in [0.717, 1.165) is 17.9 Å². The molecule has 2 nitrogen and oxygen atoms in total. The minimum atomic E-state index is 0.0393. The molecule has 1 aromatic carbocycles. The zero-order valence-corrected chi connectivity index (χ0v) is 9.42. The second-order valence-electron chi connectivity index (χ2n) is 3.24. The third-order valence-electron chi connectivity index (χ3n) is 2.04. The molecule has 0 radical (unpaired) electrons. The smallest absolute Gasteiger partial charge is 0.254 e. The van der Waals surface area contributed by atoms with E-state index in [4.69, 9.17) is 0 Å².